The van der Waals surface area contributed by atoms with Gasteiger partial charge in [-0.15, -0.1) is 0 Å². The average Bonchev–Trinajstić information content (AvgIpc) is 2.69. The number of aromatic nitrogens is 1. The van der Waals surface area contributed by atoms with Gasteiger partial charge in [0.25, 0.3) is 0 Å². The lowest BCUT2D eigenvalue weighted by molar-refractivity contribution is -0.123. The van der Waals surface area contributed by atoms with E-state index in [1.54, 1.807) is 12.1 Å². The first-order valence-corrected chi connectivity index (χ1v) is 10.6. The number of benzene rings is 2. The highest BCUT2D eigenvalue weighted by Crippen LogP contribution is 2.42. The zero-order chi connectivity index (χ0) is 23.1. The summed E-state index contributed by atoms with van der Waals surface area (Å²) in [6, 6.07) is 8.13. The van der Waals surface area contributed by atoms with E-state index in [9.17, 15) is 9.18 Å². The minimum atomic E-state index is -0.591. The minimum absolute atomic E-state index is 0.0773. The number of nitrogens with one attached hydrogen (secondary N) is 2. The first kappa shape index (κ1) is 22.9. The number of fused-ring (bicyclic) bond motifs is 1. The van der Waals surface area contributed by atoms with Crippen LogP contribution >= 0.6 is 11.6 Å². The van der Waals surface area contributed by atoms with Crippen LogP contribution in [0.2, 0.25) is 5.15 Å². The Labute approximate surface area is 187 Å². The molecule has 2 aromatic carbocycles. The highest BCUT2D eigenvalue weighted by Gasteiger charge is 2.25. The molecule has 0 saturated heterocycles. The summed E-state index contributed by atoms with van der Waals surface area (Å²) < 4.78 is 13.6. The van der Waals surface area contributed by atoms with Crippen molar-refractivity contribution in [3.05, 3.63) is 58.0 Å². The second-order valence-electron chi connectivity index (χ2n) is 9.06. The van der Waals surface area contributed by atoms with Crippen molar-refractivity contribution in [2.24, 2.45) is 5.41 Å². The Morgan fingerprint density at radius 3 is 2.35 bits per heavy atom. The van der Waals surface area contributed by atoms with Crippen LogP contribution < -0.4 is 5.32 Å². The Balaban J connectivity index is 2.40. The quantitative estimate of drug-likeness (QED) is 0.336. The highest BCUT2D eigenvalue weighted by molar-refractivity contribution is 6.31. The van der Waals surface area contributed by atoms with Gasteiger partial charge in [-0.05, 0) is 47.7 Å². The van der Waals surface area contributed by atoms with Gasteiger partial charge in [0.2, 0.25) is 5.91 Å². The number of pyridine rings is 1. The molecule has 0 fully saturated rings. The second kappa shape index (κ2) is 8.39. The predicted octanol–water partition coefficient (Wildman–Crippen LogP) is 7.11. The number of carbonyl (C=O) groups excluding carboxylic acids is 1. The van der Waals surface area contributed by atoms with Crippen molar-refractivity contribution in [1.82, 2.24) is 4.98 Å². The Morgan fingerprint density at radius 2 is 1.84 bits per heavy atom. The van der Waals surface area contributed by atoms with E-state index in [-0.39, 0.29) is 17.6 Å². The van der Waals surface area contributed by atoms with Crippen molar-refractivity contribution in [2.75, 3.05) is 5.32 Å². The van der Waals surface area contributed by atoms with Gasteiger partial charge in [0.15, 0.2) is 0 Å². The second-order valence-corrected chi connectivity index (χ2v) is 9.42. The number of carbonyl (C=O) groups is 1. The third-order valence-corrected chi connectivity index (χ3v) is 5.62. The monoisotopic (exact) mass is 439 g/mol. The first-order chi connectivity index (χ1) is 14.5. The summed E-state index contributed by atoms with van der Waals surface area (Å²) in [6.07, 6.45) is 1.23. The van der Waals surface area contributed by atoms with Gasteiger partial charge in [-0.25, -0.2) is 9.37 Å². The van der Waals surface area contributed by atoms with Crippen LogP contribution in [0.3, 0.4) is 0 Å². The van der Waals surface area contributed by atoms with E-state index < -0.39 is 5.41 Å². The Hall–Kier alpha value is -2.79. The van der Waals surface area contributed by atoms with E-state index in [0.717, 1.165) is 27.6 Å². The van der Waals surface area contributed by atoms with Gasteiger partial charge in [0, 0.05) is 28.1 Å². The molecule has 0 unspecified atom stereocenters. The van der Waals surface area contributed by atoms with Crippen molar-refractivity contribution >= 4 is 40.3 Å². The summed E-state index contributed by atoms with van der Waals surface area (Å²) in [5.74, 6) is -0.391. The molecular formula is C25H27ClFN3O. The van der Waals surface area contributed by atoms with Crippen LogP contribution in [0, 0.1) is 23.6 Å². The molecule has 1 amide bonds. The number of amides is 1. The van der Waals surface area contributed by atoms with Gasteiger partial charge in [-0.2, -0.15) is 0 Å². The maximum atomic E-state index is 13.6. The fourth-order valence-corrected chi connectivity index (χ4v) is 4.01. The van der Waals surface area contributed by atoms with Gasteiger partial charge in [0.1, 0.15) is 11.0 Å². The fourth-order valence-electron chi connectivity index (χ4n) is 3.61. The standard InChI is InChI=1S/C25H27ClFN3O/c1-13(2)19-20(15-7-9-17(27)10-8-15)18-11-16(12-28)21(30-24(31)25(4,5)6)14(3)22(18)29-23(19)26/h7-13,28H,1-6H3,(H,30,31). The van der Waals surface area contributed by atoms with Crippen molar-refractivity contribution in [1.29, 1.82) is 5.41 Å². The normalized spacial score (nSPS) is 11.8. The topological polar surface area (TPSA) is 65.8 Å². The molecule has 3 aromatic rings. The zero-order valence-corrected chi connectivity index (χ0v) is 19.4. The molecule has 1 aromatic heterocycles. The molecule has 0 saturated carbocycles. The molecule has 1 heterocycles. The third-order valence-electron chi connectivity index (χ3n) is 5.33. The molecule has 6 heteroatoms. The number of hydrogen-bond donors (Lipinski definition) is 2. The summed E-state index contributed by atoms with van der Waals surface area (Å²) >= 11 is 6.64. The van der Waals surface area contributed by atoms with E-state index in [2.05, 4.69) is 10.3 Å². The van der Waals surface area contributed by atoms with E-state index in [1.165, 1.54) is 18.3 Å². The van der Waals surface area contributed by atoms with Gasteiger partial charge < -0.3 is 10.7 Å². The number of halogens is 2. The van der Waals surface area contributed by atoms with Gasteiger partial charge in [-0.3, -0.25) is 4.79 Å². The molecule has 2 N–H and O–H groups in total. The SMILES string of the molecule is Cc1c(NC(=O)C(C)(C)C)c(C=N)cc2c(-c3ccc(F)cc3)c(C(C)C)c(Cl)nc12. The molecule has 4 nitrogen and oxygen atoms in total. The van der Waals surface area contributed by atoms with E-state index in [4.69, 9.17) is 17.0 Å². The Kier molecular flexibility index (Phi) is 6.19. The fraction of sp³-hybridized carbons (Fsp3) is 0.320. The molecule has 0 bridgehead atoms. The molecule has 31 heavy (non-hydrogen) atoms. The maximum absolute atomic E-state index is 13.6. The van der Waals surface area contributed by atoms with Crippen LogP contribution in [0.15, 0.2) is 30.3 Å². The van der Waals surface area contributed by atoms with Gasteiger partial charge >= 0.3 is 0 Å². The number of aryl methyl sites for hydroxylation is 1. The molecule has 0 aliphatic heterocycles. The molecule has 3 rings (SSSR count). The van der Waals surface area contributed by atoms with Crippen molar-refractivity contribution in [3.63, 3.8) is 0 Å². The van der Waals surface area contributed by atoms with Gasteiger partial charge in [0.05, 0.1) is 11.2 Å². The smallest absolute Gasteiger partial charge is 0.229 e. The number of anilines is 1. The molecule has 0 atom stereocenters. The van der Waals surface area contributed by atoms with Crippen LogP contribution in [0.25, 0.3) is 22.0 Å². The third kappa shape index (κ3) is 4.33. The van der Waals surface area contributed by atoms with Crippen LogP contribution in [0.5, 0.6) is 0 Å². The van der Waals surface area contributed by atoms with Crippen LogP contribution in [0.1, 0.15) is 57.2 Å². The van der Waals surface area contributed by atoms with E-state index in [1.807, 2.05) is 47.6 Å². The van der Waals surface area contributed by atoms with Crippen LogP contribution in [-0.2, 0) is 4.79 Å². The number of rotatable bonds is 4. The van der Waals surface area contributed by atoms with Crippen molar-refractivity contribution in [3.8, 4) is 11.1 Å². The van der Waals surface area contributed by atoms with Crippen molar-refractivity contribution < 1.29 is 9.18 Å². The van der Waals surface area contributed by atoms with Gasteiger partial charge in [-0.1, -0.05) is 58.4 Å². The zero-order valence-electron chi connectivity index (χ0n) is 18.7. The van der Waals surface area contributed by atoms with E-state index in [0.29, 0.717) is 21.9 Å². The minimum Gasteiger partial charge on any atom is -0.325 e. The molecule has 162 valence electrons. The lowest BCUT2D eigenvalue weighted by Crippen LogP contribution is -2.28. The first-order valence-electron chi connectivity index (χ1n) is 10.2. The summed E-state index contributed by atoms with van der Waals surface area (Å²) in [6.45, 7) is 11.4. The average molecular weight is 440 g/mol. The summed E-state index contributed by atoms with van der Waals surface area (Å²) in [7, 11) is 0. The number of hydrogen-bond acceptors (Lipinski definition) is 3. The summed E-state index contributed by atoms with van der Waals surface area (Å²) in [4.78, 5) is 17.3. The summed E-state index contributed by atoms with van der Waals surface area (Å²) in [5.41, 5.74) is 4.46. The lowest BCUT2D eigenvalue weighted by atomic mass is 9.88. The highest BCUT2D eigenvalue weighted by atomic mass is 35.5. The van der Waals surface area contributed by atoms with Crippen LogP contribution in [0.4, 0.5) is 10.1 Å². The summed E-state index contributed by atoms with van der Waals surface area (Å²) in [5, 5.41) is 12.1. The lowest BCUT2D eigenvalue weighted by Gasteiger charge is -2.23. The Morgan fingerprint density at radius 1 is 1.23 bits per heavy atom. The molecule has 0 spiro atoms. The Bertz CT molecular complexity index is 1180. The molecular weight excluding hydrogens is 413 g/mol. The largest absolute Gasteiger partial charge is 0.325 e. The van der Waals surface area contributed by atoms with Crippen molar-refractivity contribution in [2.45, 2.75) is 47.5 Å². The molecule has 0 aliphatic carbocycles. The predicted molar refractivity (Wildman–Crippen MR) is 127 cm³/mol. The molecule has 0 aliphatic rings. The molecule has 0 radical (unpaired) electrons. The maximum Gasteiger partial charge on any atom is 0.229 e. The van der Waals surface area contributed by atoms with Crippen LogP contribution in [-0.4, -0.2) is 17.1 Å². The number of nitrogens with zero attached hydrogens (tertiary/aromatic N) is 1. The van der Waals surface area contributed by atoms with E-state index >= 15 is 0 Å².